The number of likely N-dealkylation sites (N-methyl/N-ethyl adjacent to an activating group) is 1. The molecule has 0 radical (unpaired) electrons. The van der Waals surface area contributed by atoms with Crippen molar-refractivity contribution in [1.29, 1.82) is 0 Å². The third-order valence-corrected chi connectivity index (χ3v) is 1.63. The van der Waals surface area contributed by atoms with Crippen LogP contribution in [0.15, 0.2) is 18.5 Å². The van der Waals surface area contributed by atoms with E-state index in [2.05, 4.69) is 4.98 Å². The Balaban J connectivity index is 2.59. The quantitative estimate of drug-likeness (QED) is 0.671. The fraction of sp³-hybridized carbons (Fsp3) is 0.375. The van der Waals surface area contributed by atoms with Crippen LogP contribution in [-0.2, 0) is 0 Å². The summed E-state index contributed by atoms with van der Waals surface area (Å²) in [5.74, 6) is -0.0784. The normalized spacial score (nSPS) is 9.83. The fourth-order valence-electron chi connectivity index (χ4n) is 0.929. The monoisotopic (exact) mass is 168 g/mol. The second-order valence-electron chi connectivity index (χ2n) is 2.55. The lowest BCUT2D eigenvalue weighted by Gasteiger charge is -2.13. The average molecular weight is 168 g/mol. The van der Waals surface area contributed by atoms with E-state index >= 15 is 0 Å². The van der Waals surface area contributed by atoms with Crippen LogP contribution in [0.3, 0.4) is 0 Å². The molecule has 0 fully saturated rings. The van der Waals surface area contributed by atoms with Crippen molar-refractivity contribution in [2.24, 2.45) is 0 Å². The highest BCUT2D eigenvalue weighted by atomic mass is 16.3. The van der Waals surface area contributed by atoms with Crippen LogP contribution in [0.25, 0.3) is 0 Å². The highest BCUT2D eigenvalue weighted by molar-refractivity contribution is 5.93. The Morgan fingerprint density at radius 2 is 2.50 bits per heavy atom. The molecule has 1 aromatic rings. The average Bonchev–Trinajstić information content (AvgIpc) is 2.55. The predicted octanol–water partition coefficient (Wildman–Crippen LogP) is 0.0790. The van der Waals surface area contributed by atoms with Gasteiger partial charge in [-0.1, -0.05) is 0 Å². The standard InChI is InChI=1S/C8H12N2O2/c1-10(4-5-11)8(12)7-2-3-9-6-7/h2-3,6,9,11H,4-5H2,1H3. The number of nitrogens with one attached hydrogen (secondary N) is 1. The SMILES string of the molecule is CN(CCO)C(=O)c1cc[nH]c1. The molecule has 4 nitrogen and oxygen atoms in total. The van der Waals surface area contributed by atoms with Crippen LogP contribution in [0.1, 0.15) is 10.4 Å². The first-order valence-electron chi connectivity index (χ1n) is 3.75. The van der Waals surface area contributed by atoms with Crippen LogP contribution in [0, 0.1) is 0 Å². The van der Waals surface area contributed by atoms with Crippen molar-refractivity contribution in [3.63, 3.8) is 0 Å². The fourth-order valence-corrected chi connectivity index (χ4v) is 0.929. The molecule has 0 aliphatic rings. The summed E-state index contributed by atoms with van der Waals surface area (Å²) in [6, 6.07) is 1.70. The molecule has 1 amide bonds. The van der Waals surface area contributed by atoms with Crippen LogP contribution in [0.2, 0.25) is 0 Å². The molecule has 1 rings (SSSR count). The molecule has 0 aliphatic heterocycles. The predicted molar refractivity (Wildman–Crippen MR) is 44.8 cm³/mol. The van der Waals surface area contributed by atoms with E-state index in [1.807, 2.05) is 0 Å². The minimum atomic E-state index is -0.0784. The number of aromatic nitrogens is 1. The molecular weight excluding hydrogens is 156 g/mol. The third kappa shape index (κ3) is 1.85. The maximum Gasteiger partial charge on any atom is 0.255 e. The molecule has 12 heavy (non-hydrogen) atoms. The number of rotatable bonds is 3. The van der Waals surface area contributed by atoms with E-state index in [1.54, 1.807) is 25.5 Å². The second-order valence-corrected chi connectivity index (χ2v) is 2.55. The van der Waals surface area contributed by atoms with E-state index in [0.29, 0.717) is 12.1 Å². The van der Waals surface area contributed by atoms with E-state index in [9.17, 15) is 4.79 Å². The molecule has 0 saturated heterocycles. The van der Waals surface area contributed by atoms with Gasteiger partial charge in [0.2, 0.25) is 0 Å². The molecule has 0 unspecified atom stereocenters. The number of carbonyl (C=O) groups is 1. The molecule has 0 spiro atoms. The smallest absolute Gasteiger partial charge is 0.255 e. The van der Waals surface area contributed by atoms with E-state index in [-0.39, 0.29) is 12.5 Å². The van der Waals surface area contributed by atoms with Gasteiger partial charge in [0, 0.05) is 26.0 Å². The highest BCUT2D eigenvalue weighted by Crippen LogP contribution is 2.00. The molecule has 1 aromatic heterocycles. The second kappa shape index (κ2) is 3.92. The Morgan fingerprint density at radius 3 is 3.00 bits per heavy atom. The van der Waals surface area contributed by atoms with Gasteiger partial charge in [-0.05, 0) is 6.07 Å². The molecule has 0 aliphatic carbocycles. The Kier molecular flexibility index (Phi) is 2.88. The van der Waals surface area contributed by atoms with Gasteiger partial charge in [0.15, 0.2) is 0 Å². The van der Waals surface area contributed by atoms with Gasteiger partial charge in [-0.2, -0.15) is 0 Å². The van der Waals surface area contributed by atoms with Gasteiger partial charge in [-0.25, -0.2) is 0 Å². The minimum absolute atomic E-state index is 0.00728. The summed E-state index contributed by atoms with van der Waals surface area (Å²) >= 11 is 0. The molecule has 2 N–H and O–H groups in total. The topological polar surface area (TPSA) is 56.3 Å². The number of hydrogen-bond donors (Lipinski definition) is 2. The summed E-state index contributed by atoms with van der Waals surface area (Å²) in [7, 11) is 1.66. The van der Waals surface area contributed by atoms with Crippen molar-refractivity contribution in [3.05, 3.63) is 24.0 Å². The van der Waals surface area contributed by atoms with Gasteiger partial charge in [0.25, 0.3) is 5.91 Å². The summed E-state index contributed by atoms with van der Waals surface area (Å²) < 4.78 is 0. The van der Waals surface area contributed by atoms with Gasteiger partial charge in [0.05, 0.1) is 12.2 Å². The van der Waals surface area contributed by atoms with E-state index in [1.165, 1.54) is 4.90 Å². The summed E-state index contributed by atoms with van der Waals surface area (Å²) in [4.78, 5) is 15.7. The van der Waals surface area contributed by atoms with Gasteiger partial charge in [-0.3, -0.25) is 4.79 Å². The molecule has 0 bridgehead atoms. The van der Waals surface area contributed by atoms with Crippen LogP contribution in [0.5, 0.6) is 0 Å². The van der Waals surface area contributed by atoms with Crippen molar-refractivity contribution in [1.82, 2.24) is 9.88 Å². The Labute approximate surface area is 70.8 Å². The van der Waals surface area contributed by atoms with Crippen LogP contribution in [-0.4, -0.2) is 41.1 Å². The molecule has 66 valence electrons. The van der Waals surface area contributed by atoms with Crippen molar-refractivity contribution in [2.75, 3.05) is 20.2 Å². The maximum atomic E-state index is 11.4. The lowest BCUT2D eigenvalue weighted by molar-refractivity contribution is 0.0767. The summed E-state index contributed by atoms with van der Waals surface area (Å²) in [6.07, 6.45) is 3.33. The van der Waals surface area contributed by atoms with Crippen molar-refractivity contribution in [3.8, 4) is 0 Å². The molecule has 0 saturated carbocycles. The van der Waals surface area contributed by atoms with E-state index in [0.717, 1.165) is 0 Å². The van der Waals surface area contributed by atoms with E-state index < -0.39 is 0 Å². The highest BCUT2D eigenvalue weighted by Gasteiger charge is 2.10. The summed E-state index contributed by atoms with van der Waals surface area (Å²) in [5, 5.41) is 8.58. The summed E-state index contributed by atoms with van der Waals surface area (Å²) in [5.41, 5.74) is 0.617. The number of hydrogen-bond acceptors (Lipinski definition) is 2. The first-order chi connectivity index (χ1) is 5.75. The first-order valence-corrected chi connectivity index (χ1v) is 3.75. The van der Waals surface area contributed by atoms with Crippen LogP contribution < -0.4 is 0 Å². The zero-order chi connectivity index (χ0) is 8.97. The van der Waals surface area contributed by atoms with Gasteiger partial charge in [0.1, 0.15) is 0 Å². The van der Waals surface area contributed by atoms with Crippen molar-refractivity contribution >= 4 is 5.91 Å². The van der Waals surface area contributed by atoms with Crippen molar-refractivity contribution in [2.45, 2.75) is 0 Å². The maximum absolute atomic E-state index is 11.4. The minimum Gasteiger partial charge on any atom is -0.395 e. The number of aromatic amines is 1. The van der Waals surface area contributed by atoms with Crippen LogP contribution >= 0.6 is 0 Å². The number of H-pyrrole nitrogens is 1. The Bertz CT molecular complexity index is 244. The lowest BCUT2D eigenvalue weighted by atomic mass is 10.3. The number of nitrogens with zero attached hydrogens (tertiary/aromatic N) is 1. The Hall–Kier alpha value is -1.29. The molecular formula is C8H12N2O2. The number of aliphatic hydroxyl groups is 1. The number of aliphatic hydroxyl groups excluding tert-OH is 1. The number of amides is 1. The first kappa shape index (κ1) is 8.80. The third-order valence-electron chi connectivity index (χ3n) is 1.63. The Morgan fingerprint density at radius 1 is 1.75 bits per heavy atom. The summed E-state index contributed by atoms with van der Waals surface area (Å²) in [6.45, 7) is 0.358. The van der Waals surface area contributed by atoms with Gasteiger partial charge in [-0.15, -0.1) is 0 Å². The molecule has 1 heterocycles. The molecule has 4 heteroatoms. The zero-order valence-electron chi connectivity index (χ0n) is 6.95. The molecule has 0 atom stereocenters. The number of carbonyl (C=O) groups excluding carboxylic acids is 1. The molecule has 0 aromatic carbocycles. The van der Waals surface area contributed by atoms with Gasteiger partial charge >= 0.3 is 0 Å². The largest absolute Gasteiger partial charge is 0.395 e. The van der Waals surface area contributed by atoms with E-state index in [4.69, 9.17) is 5.11 Å². The van der Waals surface area contributed by atoms with Gasteiger partial charge < -0.3 is 15.0 Å². The zero-order valence-corrected chi connectivity index (χ0v) is 6.95. The lowest BCUT2D eigenvalue weighted by Crippen LogP contribution is -2.29. The van der Waals surface area contributed by atoms with Crippen LogP contribution in [0.4, 0.5) is 0 Å². The van der Waals surface area contributed by atoms with Crippen molar-refractivity contribution < 1.29 is 9.90 Å².